The maximum atomic E-state index is 14.3. The van der Waals surface area contributed by atoms with Crippen molar-refractivity contribution >= 4 is 5.52 Å². The van der Waals surface area contributed by atoms with E-state index in [0.717, 1.165) is 27.4 Å². The molecule has 0 bridgehead atoms. The van der Waals surface area contributed by atoms with E-state index in [1.165, 1.54) is 24.1 Å². The van der Waals surface area contributed by atoms with E-state index in [-0.39, 0.29) is 17.5 Å². The molecule has 1 saturated heterocycles. The first-order chi connectivity index (χ1) is 21.1. The van der Waals surface area contributed by atoms with Crippen LogP contribution in [0.25, 0.3) is 11.2 Å². The van der Waals surface area contributed by atoms with Crippen LogP contribution in [0.4, 0.5) is 13.2 Å². The molecule has 0 radical (unpaired) electrons. The van der Waals surface area contributed by atoms with E-state index in [1.807, 2.05) is 29.8 Å². The van der Waals surface area contributed by atoms with Gasteiger partial charge in [-0.3, -0.25) is 8.97 Å². The average molecular weight is 609 g/mol. The molecule has 0 spiro atoms. The Labute approximate surface area is 250 Å². The third kappa shape index (κ3) is 5.44. The normalized spacial score (nSPS) is 14.5. The zero-order valence-electron chi connectivity index (χ0n) is 24.4. The molecule has 1 aliphatic heterocycles. The lowest BCUT2D eigenvalue weighted by Gasteiger charge is -2.41. The molecule has 3 aromatic heterocycles. The van der Waals surface area contributed by atoms with Gasteiger partial charge in [-0.1, -0.05) is 18.2 Å². The molecule has 2 aromatic carbocycles. The summed E-state index contributed by atoms with van der Waals surface area (Å²) in [6.07, 6.45) is 0.210. The van der Waals surface area contributed by atoms with Gasteiger partial charge in [-0.05, 0) is 35.4 Å². The fourth-order valence-corrected chi connectivity index (χ4v) is 5.57. The van der Waals surface area contributed by atoms with E-state index in [1.54, 1.807) is 37.7 Å². The van der Waals surface area contributed by atoms with E-state index in [9.17, 15) is 18.0 Å². The number of nitrogens with one attached hydrogen (secondary N) is 1. The minimum absolute atomic E-state index is 0.0892. The van der Waals surface area contributed by atoms with E-state index in [0.29, 0.717) is 48.9 Å². The number of rotatable bonds is 10. The van der Waals surface area contributed by atoms with Gasteiger partial charge in [0.25, 0.3) is 0 Å². The summed E-state index contributed by atoms with van der Waals surface area (Å²) in [6.45, 7) is 1.32. The van der Waals surface area contributed by atoms with Crippen LogP contribution >= 0.6 is 0 Å². The summed E-state index contributed by atoms with van der Waals surface area (Å²) < 4.78 is 63.2. The molecule has 1 N–H and O–H groups in total. The number of ether oxygens (including phenoxy) is 3. The zero-order valence-corrected chi connectivity index (χ0v) is 24.4. The number of pyridine rings is 1. The summed E-state index contributed by atoms with van der Waals surface area (Å²) in [6, 6.07) is 13.7. The third-order valence-corrected chi connectivity index (χ3v) is 8.06. The van der Waals surface area contributed by atoms with Crippen molar-refractivity contribution in [1.82, 2.24) is 29.0 Å². The van der Waals surface area contributed by atoms with Gasteiger partial charge >= 0.3 is 11.9 Å². The molecule has 1 fully saturated rings. The number of methoxy groups -OCH3 is 2. The van der Waals surface area contributed by atoms with Crippen LogP contribution in [0.1, 0.15) is 28.1 Å². The molecule has 0 unspecified atom stereocenters. The Hall–Kier alpha value is -4.62. The van der Waals surface area contributed by atoms with Crippen LogP contribution in [0.3, 0.4) is 0 Å². The first-order valence-corrected chi connectivity index (χ1v) is 13.9. The lowest BCUT2D eigenvalue weighted by Crippen LogP contribution is -2.49. The van der Waals surface area contributed by atoms with Crippen molar-refractivity contribution < 1.29 is 27.4 Å². The number of imidazole rings is 1. The lowest BCUT2D eigenvalue weighted by molar-refractivity contribution is -0.136. The van der Waals surface area contributed by atoms with Gasteiger partial charge in [0.05, 0.1) is 44.2 Å². The Morgan fingerprint density at radius 3 is 2.52 bits per heavy atom. The van der Waals surface area contributed by atoms with Gasteiger partial charge in [-0.25, -0.2) is 4.79 Å². The number of fused-ring (bicyclic) bond motifs is 1. The second-order valence-corrected chi connectivity index (χ2v) is 10.9. The number of benzene rings is 2. The SMILES string of the molecule is COc1ccc(CNCc2cc(C(F)(F)F)c3cn(-c4cccc(C5(Cc6nncn6C)COC5)c4)c(=O)n3c2)c(OC)c1. The van der Waals surface area contributed by atoms with Crippen LogP contribution in [0.2, 0.25) is 0 Å². The first-order valence-electron chi connectivity index (χ1n) is 13.9. The molecule has 1 aliphatic rings. The standard InChI is InChI=1S/C31H31F3N6O4/c1-38-19-36-37-28(38)12-30(17-44-18-30)22-5-4-6-23(10-22)39-16-26-25(31(32,33)34)9-20(15-40(26)29(39)41)13-35-14-21-7-8-24(42-2)11-27(21)43-3/h4-11,15-16,19,35H,12-14,17-18H2,1-3H3. The van der Waals surface area contributed by atoms with Crippen molar-refractivity contribution in [1.29, 1.82) is 0 Å². The van der Waals surface area contributed by atoms with Gasteiger partial charge in [-0.2, -0.15) is 13.2 Å². The van der Waals surface area contributed by atoms with Crippen LogP contribution < -0.4 is 20.5 Å². The summed E-state index contributed by atoms with van der Waals surface area (Å²) in [4.78, 5) is 13.6. The van der Waals surface area contributed by atoms with Crippen molar-refractivity contribution in [2.75, 3.05) is 27.4 Å². The second kappa shape index (κ2) is 11.5. The van der Waals surface area contributed by atoms with Gasteiger partial charge in [0.2, 0.25) is 0 Å². The minimum Gasteiger partial charge on any atom is -0.497 e. The highest BCUT2D eigenvalue weighted by Gasteiger charge is 2.42. The number of nitrogens with zero attached hydrogens (tertiary/aromatic N) is 5. The van der Waals surface area contributed by atoms with Crippen LogP contribution in [0.5, 0.6) is 11.5 Å². The summed E-state index contributed by atoms with van der Waals surface area (Å²) in [5, 5.41) is 11.3. The van der Waals surface area contributed by atoms with Crippen LogP contribution in [0.15, 0.2) is 72.0 Å². The number of alkyl halides is 3. The van der Waals surface area contributed by atoms with Gasteiger partial charge in [0, 0.05) is 56.0 Å². The van der Waals surface area contributed by atoms with E-state index < -0.39 is 17.4 Å². The molecule has 0 atom stereocenters. The Kier molecular flexibility index (Phi) is 7.68. The highest BCUT2D eigenvalue weighted by molar-refractivity contribution is 5.58. The Morgan fingerprint density at radius 2 is 1.86 bits per heavy atom. The molecule has 5 aromatic rings. The van der Waals surface area contributed by atoms with Crippen molar-refractivity contribution in [2.24, 2.45) is 7.05 Å². The quantitative estimate of drug-likeness (QED) is 0.256. The maximum absolute atomic E-state index is 14.3. The van der Waals surface area contributed by atoms with Gasteiger partial charge in [-0.15, -0.1) is 10.2 Å². The molecule has 10 nitrogen and oxygen atoms in total. The van der Waals surface area contributed by atoms with Gasteiger partial charge < -0.3 is 24.1 Å². The molecule has 230 valence electrons. The van der Waals surface area contributed by atoms with E-state index in [4.69, 9.17) is 14.2 Å². The van der Waals surface area contributed by atoms with Crippen LogP contribution in [-0.2, 0) is 42.9 Å². The third-order valence-electron chi connectivity index (χ3n) is 8.06. The highest BCUT2D eigenvalue weighted by atomic mass is 19.4. The fraction of sp³-hybridized carbons (Fsp3) is 0.323. The molecule has 0 saturated carbocycles. The lowest BCUT2D eigenvalue weighted by atomic mass is 9.75. The van der Waals surface area contributed by atoms with Crippen LogP contribution in [0, 0.1) is 0 Å². The molecule has 6 rings (SSSR count). The van der Waals surface area contributed by atoms with Crippen molar-refractivity contribution in [3.05, 3.63) is 106 Å². The smallest absolute Gasteiger partial charge is 0.418 e. The van der Waals surface area contributed by atoms with E-state index >= 15 is 0 Å². The Balaban J connectivity index is 1.32. The monoisotopic (exact) mass is 608 g/mol. The number of halogens is 3. The molecule has 44 heavy (non-hydrogen) atoms. The molecular formula is C31H31F3N6O4. The largest absolute Gasteiger partial charge is 0.497 e. The summed E-state index contributed by atoms with van der Waals surface area (Å²) in [7, 11) is 4.95. The minimum atomic E-state index is -4.68. The predicted octanol–water partition coefficient (Wildman–Crippen LogP) is 4.06. The average Bonchev–Trinajstić information content (AvgIpc) is 3.55. The first kappa shape index (κ1) is 29.5. The van der Waals surface area contributed by atoms with Gasteiger partial charge in [0.15, 0.2) is 0 Å². The van der Waals surface area contributed by atoms with Gasteiger partial charge in [0.1, 0.15) is 23.7 Å². The Morgan fingerprint density at radius 1 is 1.05 bits per heavy atom. The molecule has 0 aliphatic carbocycles. The number of hydrogen-bond acceptors (Lipinski definition) is 7. The summed E-state index contributed by atoms with van der Waals surface area (Å²) in [5.74, 6) is 2.00. The molecular weight excluding hydrogens is 577 g/mol. The molecule has 4 heterocycles. The summed E-state index contributed by atoms with van der Waals surface area (Å²) >= 11 is 0. The second-order valence-electron chi connectivity index (χ2n) is 10.9. The summed E-state index contributed by atoms with van der Waals surface area (Å²) in [5.41, 5.74) is 0.366. The van der Waals surface area contributed by atoms with Crippen molar-refractivity contribution in [2.45, 2.75) is 31.1 Å². The molecule has 13 heteroatoms. The highest BCUT2D eigenvalue weighted by Crippen LogP contribution is 2.37. The van der Waals surface area contributed by atoms with Crippen molar-refractivity contribution in [3.63, 3.8) is 0 Å². The maximum Gasteiger partial charge on any atom is 0.418 e. The topological polar surface area (TPSA) is 96.8 Å². The zero-order chi connectivity index (χ0) is 31.1. The number of hydrogen-bond donors (Lipinski definition) is 1. The van der Waals surface area contributed by atoms with Crippen molar-refractivity contribution in [3.8, 4) is 17.2 Å². The number of aromatic nitrogens is 5. The van der Waals surface area contributed by atoms with Crippen LogP contribution in [-0.4, -0.2) is 51.2 Å². The van der Waals surface area contributed by atoms with E-state index in [2.05, 4.69) is 15.5 Å². The number of aryl methyl sites for hydroxylation is 1. The Bertz CT molecular complexity index is 1870. The predicted molar refractivity (Wildman–Crippen MR) is 155 cm³/mol. The molecule has 0 amide bonds. The fourth-order valence-electron chi connectivity index (χ4n) is 5.57.